The van der Waals surface area contributed by atoms with E-state index in [1.54, 1.807) is 13.0 Å². The molecule has 6 nitrogen and oxygen atoms in total. The molecule has 0 aliphatic rings. The zero-order chi connectivity index (χ0) is 20.0. The molecule has 2 N–H and O–H groups in total. The van der Waals surface area contributed by atoms with Crippen LogP contribution in [0.2, 0.25) is 0 Å². The van der Waals surface area contributed by atoms with E-state index < -0.39 is 27.8 Å². The number of nitrogens with one attached hydrogen (secondary N) is 2. The van der Waals surface area contributed by atoms with Gasteiger partial charge in [0.15, 0.2) is 11.6 Å². The smallest absolute Gasteiger partial charge is 0.251 e. The maximum Gasteiger partial charge on any atom is 0.251 e. The minimum absolute atomic E-state index is 0.000394. The zero-order valence-corrected chi connectivity index (χ0v) is 15.6. The van der Waals surface area contributed by atoms with E-state index in [0.717, 1.165) is 0 Å². The number of hydrogen-bond acceptors (Lipinski definition) is 4. The van der Waals surface area contributed by atoms with Crippen LogP contribution < -0.4 is 14.8 Å². The first kappa shape index (κ1) is 20.4. The molecule has 0 aromatic heterocycles. The highest BCUT2D eigenvalue weighted by Gasteiger charge is 2.16. The second-order valence-corrected chi connectivity index (χ2v) is 7.41. The number of halogens is 1. The molecule has 0 aliphatic carbocycles. The number of hydrogen-bond donors (Lipinski definition) is 2. The van der Waals surface area contributed by atoms with Gasteiger partial charge in [0.25, 0.3) is 5.91 Å². The van der Waals surface area contributed by atoms with Crippen molar-refractivity contribution in [1.82, 2.24) is 10.0 Å². The van der Waals surface area contributed by atoms with Crippen molar-refractivity contribution in [2.24, 2.45) is 0 Å². The van der Waals surface area contributed by atoms with E-state index in [-0.39, 0.29) is 22.8 Å². The molecule has 0 aliphatic heterocycles. The number of terminal acetylenes is 1. The van der Waals surface area contributed by atoms with Gasteiger partial charge in [-0.3, -0.25) is 4.79 Å². The molecule has 1 unspecified atom stereocenters. The molecule has 0 bridgehead atoms. The van der Waals surface area contributed by atoms with Crippen LogP contribution in [0.15, 0.2) is 47.4 Å². The maximum absolute atomic E-state index is 13.8. The topological polar surface area (TPSA) is 84.5 Å². The van der Waals surface area contributed by atoms with Crippen LogP contribution in [0, 0.1) is 18.2 Å². The monoisotopic (exact) mass is 390 g/mol. The second kappa shape index (κ2) is 8.66. The lowest BCUT2D eigenvalue weighted by atomic mass is 10.1. The lowest BCUT2D eigenvalue weighted by Gasteiger charge is -2.15. The number of carbonyl (C=O) groups is 1. The molecule has 8 heteroatoms. The Morgan fingerprint density at radius 2 is 1.93 bits per heavy atom. The molecule has 2 rings (SSSR count). The predicted molar refractivity (Wildman–Crippen MR) is 99.3 cm³/mol. The average Bonchev–Trinajstić information content (AvgIpc) is 2.66. The van der Waals surface area contributed by atoms with Crippen molar-refractivity contribution in [2.45, 2.75) is 17.9 Å². The Labute approximate surface area is 157 Å². The first-order chi connectivity index (χ1) is 12.8. The number of methoxy groups -OCH3 is 1. The summed E-state index contributed by atoms with van der Waals surface area (Å²) in [6.07, 6.45) is 5.04. The Kier molecular flexibility index (Phi) is 6.55. The summed E-state index contributed by atoms with van der Waals surface area (Å²) in [5, 5.41) is 2.73. The summed E-state index contributed by atoms with van der Waals surface area (Å²) in [4.78, 5) is 12.3. The van der Waals surface area contributed by atoms with Gasteiger partial charge in [0, 0.05) is 5.56 Å². The molecule has 0 spiro atoms. The third-order valence-corrected chi connectivity index (χ3v) is 5.23. The Morgan fingerprint density at radius 3 is 2.48 bits per heavy atom. The van der Waals surface area contributed by atoms with Gasteiger partial charge >= 0.3 is 0 Å². The highest BCUT2D eigenvalue weighted by atomic mass is 32.2. The predicted octanol–water partition coefficient (Wildman–Crippen LogP) is 2.24. The largest absolute Gasteiger partial charge is 0.494 e. The normalized spacial score (nSPS) is 12.1. The summed E-state index contributed by atoms with van der Waals surface area (Å²) >= 11 is 0. The molecule has 2 aromatic rings. The SMILES string of the molecule is C#CCNS(=O)(=O)c1ccc(C(=O)NC(C)c2ccc(OC)c(F)c2)cc1. The van der Waals surface area contributed by atoms with Gasteiger partial charge in [0.2, 0.25) is 10.0 Å². The Hall–Kier alpha value is -2.89. The van der Waals surface area contributed by atoms with Crippen LogP contribution in [-0.2, 0) is 10.0 Å². The third kappa shape index (κ3) is 5.06. The molecule has 1 atom stereocenters. The van der Waals surface area contributed by atoms with Crippen molar-refractivity contribution in [2.75, 3.05) is 13.7 Å². The first-order valence-corrected chi connectivity index (χ1v) is 9.44. The molecule has 0 radical (unpaired) electrons. The molecule has 142 valence electrons. The molecule has 27 heavy (non-hydrogen) atoms. The van der Waals surface area contributed by atoms with E-state index in [4.69, 9.17) is 11.2 Å². The quantitative estimate of drug-likeness (QED) is 0.710. The summed E-state index contributed by atoms with van der Waals surface area (Å²) in [5.74, 6) is 1.36. The van der Waals surface area contributed by atoms with Crippen molar-refractivity contribution in [3.63, 3.8) is 0 Å². The second-order valence-electron chi connectivity index (χ2n) is 5.64. The van der Waals surface area contributed by atoms with E-state index in [1.807, 2.05) is 0 Å². The van der Waals surface area contributed by atoms with Crippen LogP contribution in [0.5, 0.6) is 5.75 Å². The third-order valence-electron chi connectivity index (χ3n) is 3.81. The molecule has 0 saturated carbocycles. The van der Waals surface area contributed by atoms with Gasteiger partial charge in [-0.05, 0) is 48.9 Å². The molecule has 0 fully saturated rings. The average molecular weight is 390 g/mol. The molecule has 0 heterocycles. The minimum Gasteiger partial charge on any atom is -0.494 e. The van der Waals surface area contributed by atoms with E-state index in [1.165, 1.54) is 43.5 Å². The minimum atomic E-state index is -3.72. The lowest BCUT2D eigenvalue weighted by molar-refractivity contribution is 0.0939. The van der Waals surface area contributed by atoms with Gasteiger partial charge in [0.05, 0.1) is 24.6 Å². The van der Waals surface area contributed by atoms with Gasteiger partial charge in [-0.25, -0.2) is 12.8 Å². The standard InChI is InChI=1S/C19H19FN2O4S/c1-4-11-21-27(24,25)16-8-5-14(6-9-16)19(23)22-13(2)15-7-10-18(26-3)17(20)12-15/h1,5-10,12-13,21H,11H2,2-3H3,(H,22,23). The van der Waals surface area contributed by atoms with Crippen molar-refractivity contribution >= 4 is 15.9 Å². The van der Waals surface area contributed by atoms with Crippen molar-refractivity contribution in [3.05, 3.63) is 59.4 Å². The van der Waals surface area contributed by atoms with E-state index in [2.05, 4.69) is 16.0 Å². The Bertz CT molecular complexity index is 966. The molecule has 1 amide bonds. The maximum atomic E-state index is 13.8. The number of rotatable bonds is 7. The van der Waals surface area contributed by atoms with Gasteiger partial charge in [-0.15, -0.1) is 6.42 Å². The van der Waals surface area contributed by atoms with Crippen molar-refractivity contribution < 1.29 is 22.3 Å². The van der Waals surface area contributed by atoms with Gasteiger partial charge in [0.1, 0.15) is 0 Å². The van der Waals surface area contributed by atoms with Crippen LogP contribution in [-0.4, -0.2) is 28.0 Å². The molecular weight excluding hydrogens is 371 g/mol. The van der Waals surface area contributed by atoms with Crippen molar-refractivity contribution in [3.8, 4) is 18.1 Å². The molecular formula is C19H19FN2O4S. The van der Waals surface area contributed by atoms with Crippen LogP contribution in [0.4, 0.5) is 4.39 Å². The summed E-state index contributed by atoms with van der Waals surface area (Å²) in [5.41, 5.74) is 0.839. The first-order valence-electron chi connectivity index (χ1n) is 7.96. The summed E-state index contributed by atoms with van der Waals surface area (Å²) < 4.78 is 44.8. The summed E-state index contributed by atoms with van der Waals surface area (Å²) in [6.45, 7) is 1.59. The van der Waals surface area contributed by atoms with E-state index in [9.17, 15) is 17.6 Å². The lowest BCUT2D eigenvalue weighted by Crippen LogP contribution is -2.27. The zero-order valence-electron chi connectivity index (χ0n) is 14.8. The Balaban J connectivity index is 2.10. The fourth-order valence-electron chi connectivity index (χ4n) is 2.32. The fraction of sp³-hybridized carbons (Fsp3) is 0.211. The van der Waals surface area contributed by atoms with Gasteiger partial charge < -0.3 is 10.1 Å². The van der Waals surface area contributed by atoms with Crippen LogP contribution in [0.25, 0.3) is 0 Å². The number of amides is 1. The van der Waals surface area contributed by atoms with E-state index >= 15 is 0 Å². The molecule has 2 aromatic carbocycles. The fourth-order valence-corrected chi connectivity index (χ4v) is 3.26. The van der Waals surface area contributed by atoms with Crippen LogP contribution in [0.1, 0.15) is 28.9 Å². The number of ether oxygens (including phenoxy) is 1. The highest BCUT2D eigenvalue weighted by molar-refractivity contribution is 7.89. The van der Waals surface area contributed by atoms with Crippen LogP contribution in [0.3, 0.4) is 0 Å². The van der Waals surface area contributed by atoms with Crippen molar-refractivity contribution in [1.29, 1.82) is 0 Å². The number of carbonyl (C=O) groups excluding carboxylic acids is 1. The summed E-state index contributed by atoms with van der Waals surface area (Å²) in [7, 11) is -2.35. The van der Waals surface area contributed by atoms with Crippen LogP contribution >= 0.6 is 0 Å². The Morgan fingerprint density at radius 1 is 1.26 bits per heavy atom. The number of benzene rings is 2. The van der Waals surface area contributed by atoms with Gasteiger partial charge in [-0.1, -0.05) is 12.0 Å². The van der Waals surface area contributed by atoms with Gasteiger partial charge in [-0.2, -0.15) is 4.72 Å². The van der Waals surface area contributed by atoms with E-state index in [0.29, 0.717) is 5.56 Å². The molecule has 0 saturated heterocycles. The summed E-state index contributed by atoms with van der Waals surface area (Å²) in [6, 6.07) is 9.37. The highest BCUT2D eigenvalue weighted by Crippen LogP contribution is 2.22. The number of sulfonamides is 1.